The molecule has 3 N–H and O–H groups in total. The van der Waals surface area contributed by atoms with Crippen LogP contribution in [-0.2, 0) is 9.59 Å². The maximum atomic E-state index is 11.5. The normalized spacial score (nSPS) is 35.3. The van der Waals surface area contributed by atoms with Crippen LogP contribution in [0.2, 0.25) is 0 Å². The summed E-state index contributed by atoms with van der Waals surface area (Å²) in [5.41, 5.74) is -2.40. The van der Waals surface area contributed by atoms with Gasteiger partial charge in [0.2, 0.25) is 0 Å². The molecule has 3 aliphatic rings. The Morgan fingerprint density at radius 2 is 1.60 bits per heavy atom. The van der Waals surface area contributed by atoms with E-state index in [-0.39, 0.29) is 18.9 Å². The molecule has 2 bridgehead atoms. The Bertz CT molecular complexity index is 512. The van der Waals surface area contributed by atoms with Gasteiger partial charge >= 0.3 is 11.9 Å². The van der Waals surface area contributed by atoms with Gasteiger partial charge in [0, 0.05) is 6.61 Å². The highest BCUT2D eigenvalue weighted by Crippen LogP contribution is 2.55. The van der Waals surface area contributed by atoms with Gasteiger partial charge in [0.25, 0.3) is 0 Å². The minimum absolute atomic E-state index is 0.0378. The molecular formula is C20H32O5. The van der Waals surface area contributed by atoms with Crippen LogP contribution in [0.1, 0.15) is 59.3 Å². The second-order valence-electron chi connectivity index (χ2n) is 8.42. The predicted octanol–water partition coefficient (Wildman–Crippen LogP) is 3.57. The van der Waals surface area contributed by atoms with Crippen molar-refractivity contribution < 1.29 is 24.9 Å². The van der Waals surface area contributed by atoms with Gasteiger partial charge in [-0.1, -0.05) is 39.3 Å². The van der Waals surface area contributed by atoms with Gasteiger partial charge in [0.1, 0.15) is 0 Å². The van der Waals surface area contributed by atoms with Crippen LogP contribution in [-0.4, -0.2) is 33.9 Å². The number of carboxylic acids is 2. The van der Waals surface area contributed by atoms with Crippen LogP contribution in [0.5, 0.6) is 0 Å². The number of hydrogen-bond acceptors (Lipinski definition) is 3. The summed E-state index contributed by atoms with van der Waals surface area (Å²) < 4.78 is 0. The largest absolute Gasteiger partial charge is 0.480 e. The van der Waals surface area contributed by atoms with Crippen molar-refractivity contribution in [3.05, 3.63) is 12.2 Å². The Morgan fingerprint density at radius 1 is 1.08 bits per heavy atom. The topological polar surface area (TPSA) is 94.8 Å². The van der Waals surface area contributed by atoms with E-state index >= 15 is 0 Å². The van der Waals surface area contributed by atoms with E-state index in [2.05, 4.69) is 12.2 Å². The maximum Gasteiger partial charge on any atom is 0.321 e. The molecule has 0 aromatic carbocycles. The summed E-state index contributed by atoms with van der Waals surface area (Å²) in [6, 6.07) is 0. The first-order chi connectivity index (χ1) is 11.7. The average Bonchev–Trinajstić information content (AvgIpc) is 3.20. The van der Waals surface area contributed by atoms with E-state index in [1.807, 2.05) is 13.8 Å². The zero-order valence-electron chi connectivity index (χ0n) is 15.6. The molecule has 0 aromatic rings. The molecule has 2 saturated carbocycles. The zero-order chi connectivity index (χ0) is 18.8. The van der Waals surface area contributed by atoms with Gasteiger partial charge in [-0.3, -0.25) is 9.59 Å². The van der Waals surface area contributed by atoms with Gasteiger partial charge in [-0.05, 0) is 61.2 Å². The molecule has 5 nitrogen and oxygen atoms in total. The van der Waals surface area contributed by atoms with Gasteiger partial charge in [0.05, 0.1) is 0 Å². The molecule has 5 heteroatoms. The molecule has 3 aliphatic carbocycles. The first kappa shape index (κ1) is 20.0. The van der Waals surface area contributed by atoms with Crippen molar-refractivity contribution in [3.8, 4) is 0 Å². The van der Waals surface area contributed by atoms with E-state index in [9.17, 15) is 24.9 Å². The monoisotopic (exact) mass is 352 g/mol. The maximum absolute atomic E-state index is 11.5. The summed E-state index contributed by atoms with van der Waals surface area (Å²) in [5.74, 6) is -1.16. The fourth-order valence-electron chi connectivity index (χ4n) is 5.20. The second kappa shape index (κ2) is 7.48. The zero-order valence-corrected chi connectivity index (χ0v) is 15.6. The smallest absolute Gasteiger partial charge is 0.321 e. The Balaban J connectivity index is 0.000000261. The van der Waals surface area contributed by atoms with Crippen molar-refractivity contribution in [2.24, 2.45) is 34.5 Å². The molecule has 4 unspecified atom stereocenters. The molecule has 0 amide bonds. The van der Waals surface area contributed by atoms with Crippen LogP contribution in [0.25, 0.3) is 0 Å². The number of fused-ring (bicyclic) bond motifs is 2. The lowest BCUT2D eigenvalue weighted by Gasteiger charge is -2.51. The Labute approximate surface area is 150 Å². The summed E-state index contributed by atoms with van der Waals surface area (Å²) in [4.78, 5) is 23.0. The summed E-state index contributed by atoms with van der Waals surface area (Å²) in [7, 11) is 0. The molecule has 0 aliphatic heterocycles. The summed E-state index contributed by atoms with van der Waals surface area (Å²) >= 11 is 0. The van der Waals surface area contributed by atoms with Crippen LogP contribution >= 0.6 is 0 Å². The van der Waals surface area contributed by atoms with E-state index in [0.717, 1.165) is 11.8 Å². The fraction of sp³-hybridized carbons (Fsp3) is 0.800. The van der Waals surface area contributed by atoms with Gasteiger partial charge in [0.15, 0.2) is 5.41 Å². The van der Waals surface area contributed by atoms with Crippen molar-refractivity contribution in [2.45, 2.75) is 59.3 Å². The number of aliphatic carboxylic acids is 2. The number of rotatable bonds is 4. The fourth-order valence-corrected chi connectivity index (χ4v) is 5.20. The van der Waals surface area contributed by atoms with Gasteiger partial charge in [-0.15, -0.1) is 0 Å². The second-order valence-corrected chi connectivity index (χ2v) is 8.42. The third-order valence-electron chi connectivity index (χ3n) is 7.19. The number of hydrogen-bond donors (Lipinski definition) is 3. The lowest BCUT2D eigenvalue weighted by molar-refractivity contribution is -0.183. The summed E-state index contributed by atoms with van der Waals surface area (Å²) in [6.07, 6.45) is 10.5. The van der Waals surface area contributed by atoms with Crippen LogP contribution in [0, 0.1) is 34.5 Å². The predicted molar refractivity (Wildman–Crippen MR) is 95.0 cm³/mol. The molecule has 0 saturated heterocycles. The molecule has 0 spiro atoms. The lowest BCUT2D eigenvalue weighted by Crippen LogP contribution is -2.56. The van der Waals surface area contributed by atoms with E-state index in [1.54, 1.807) is 6.92 Å². The van der Waals surface area contributed by atoms with Gasteiger partial charge in [-0.2, -0.15) is 0 Å². The number of aliphatic hydroxyl groups is 1. The highest BCUT2D eigenvalue weighted by atomic mass is 16.4. The quantitative estimate of drug-likeness (QED) is 0.531. The molecule has 0 radical (unpaired) electrons. The molecule has 2 fully saturated rings. The van der Waals surface area contributed by atoms with Gasteiger partial charge < -0.3 is 15.3 Å². The standard InChI is InChI=1S/C13H22O5.C7H10/c1-8(2)12(7-14)5-4-6-13(9(12)3,10(15)16)11(17)18;1-2-7-4-3-6(1)5-7/h8-9,14H,4-7H2,1-3H3,(H,15,16)(H,17,18);1-2,6-7H,3-5H2. The van der Waals surface area contributed by atoms with Crippen LogP contribution in [0.15, 0.2) is 12.2 Å². The molecule has 0 aromatic heterocycles. The SMILES string of the molecule is C1=CC2CCC1C2.CC(C)C1(CO)CCCC(C(=O)O)(C(=O)O)C1C. The van der Waals surface area contributed by atoms with Crippen LogP contribution in [0.3, 0.4) is 0 Å². The number of aliphatic hydroxyl groups excluding tert-OH is 1. The Hall–Kier alpha value is -1.36. The molecule has 4 atom stereocenters. The number of carbonyl (C=O) groups is 2. The first-order valence-corrected chi connectivity index (χ1v) is 9.46. The molecule has 0 heterocycles. The van der Waals surface area contributed by atoms with Crippen LogP contribution < -0.4 is 0 Å². The minimum atomic E-state index is -1.77. The first-order valence-electron chi connectivity index (χ1n) is 9.46. The third-order valence-corrected chi connectivity index (χ3v) is 7.19. The van der Waals surface area contributed by atoms with Crippen LogP contribution in [0.4, 0.5) is 0 Å². The van der Waals surface area contributed by atoms with E-state index in [0.29, 0.717) is 12.8 Å². The van der Waals surface area contributed by atoms with Crippen molar-refractivity contribution in [1.82, 2.24) is 0 Å². The molecule has 3 rings (SSSR count). The Kier molecular flexibility index (Phi) is 5.97. The lowest BCUT2D eigenvalue weighted by atomic mass is 9.52. The third kappa shape index (κ3) is 3.35. The minimum Gasteiger partial charge on any atom is -0.480 e. The molecule has 25 heavy (non-hydrogen) atoms. The average molecular weight is 352 g/mol. The summed E-state index contributed by atoms with van der Waals surface area (Å²) in [5, 5.41) is 28.4. The van der Waals surface area contributed by atoms with Crippen molar-refractivity contribution in [1.29, 1.82) is 0 Å². The number of carboxylic acid groups (broad SMARTS) is 2. The molecular weight excluding hydrogens is 320 g/mol. The highest BCUT2D eigenvalue weighted by molar-refractivity contribution is 5.98. The van der Waals surface area contributed by atoms with E-state index in [1.165, 1.54) is 19.3 Å². The Morgan fingerprint density at radius 3 is 1.88 bits per heavy atom. The highest BCUT2D eigenvalue weighted by Gasteiger charge is 2.60. The van der Waals surface area contributed by atoms with Crippen molar-refractivity contribution in [2.75, 3.05) is 6.61 Å². The molecule has 142 valence electrons. The summed E-state index contributed by atoms with van der Waals surface area (Å²) in [6.45, 7) is 5.30. The van der Waals surface area contributed by atoms with E-state index in [4.69, 9.17) is 0 Å². The van der Waals surface area contributed by atoms with Crippen molar-refractivity contribution in [3.63, 3.8) is 0 Å². The van der Waals surface area contributed by atoms with Gasteiger partial charge in [-0.25, -0.2) is 0 Å². The van der Waals surface area contributed by atoms with Crippen molar-refractivity contribution >= 4 is 11.9 Å². The number of allylic oxidation sites excluding steroid dienone is 2. The van der Waals surface area contributed by atoms with E-state index < -0.39 is 28.7 Å².